The van der Waals surface area contributed by atoms with Gasteiger partial charge in [0.1, 0.15) is 5.76 Å². The lowest BCUT2D eigenvalue weighted by Crippen LogP contribution is -2.24. The molecule has 110 valence electrons. The van der Waals surface area contributed by atoms with Crippen LogP contribution in [-0.4, -0.2) is 16.3 Å². The molecule has 0 aliphatic heterocycles. The Kier molecular flexibility index (Phi) is 5.05. The molecular weight excluding hydrogens is 318 g/mol. The minimum absolute atomic E-state index is 0.246. The highest BCUT2D eigenvalue weighted by Crippen LogP contribution is 2.27. The van der Waals surface area contributed by atoms with E-state index >= 15 is 0 Å². The molecule has 20 heavy (non-hydrogen) atoms. The summed E-state index contributed by atoms with van der Waals surface area (Å²) in [5.41, 5.74) is 3.47. The maximum absolute atomic E-state index is 5.45. The summed E-state index contributed by atoms with van der Waals surface area (Å²) < 4.78 is 8.63. The summed E-state index contributed by atoms with van der Waals surface area (Å²) in [4.78, 5) is 0. The number of hydrogen-bond acceptors (Lipinski definition) is 3. The first kappa shape index (κ1) is 15.3. The van der Waals surface area contributed by atoms with Crippen molar-refractivity contribution in [3.05, 3.63) is 39.5 Å². The fraction of sp³-hybridized carbons (Fsp3) is 0.533. The minimum Gasteiger partial charge on any atom is -0.469 e. The third kappa shape index (κ3) is 3.15. The second-order valence-corrected chi connectivity index (χ2v) is 5.76. The molecular formula is C15H22BrN3O. The first-order valence-electron chi connectivity index (χ1n) is 7.07. The second-order valence-electron chi connectivity index (χ2n) is 4.97. The quantitative estimate of drug-likeness (QED) is 0.871. The molecule has 0 saturated carbocycles. The maximum atomic E-state index is 5.45. The third-order valence-electron chi connectivity index (χ3n) is 3.45. The normalized spacial score (nSPS) is 12.8. The molecule has 2 aromatic heterocycles. The van der Waals surface area contributed by atoms with E-state index < -0.39 is 0 Å². The van der Waals surface area contributed by atoms with Crippen LogP contribution in [0.2, 0.25) is 0 Å². The Morgan fingerprint density at radius 3 is 2.70 bits per heavy atom. The lowest BCUT2D eigenvalue weighted by molar-refractivity contribution is 0.497. The van der Waals surface area contributed by atoms with Crippen LogP contribution < -0.4 is 5.32 Å². The van der Waals surface area contributed by atoms with Gasteiger partial charge in [-0.05, 0) is 49.3 Å². The zero-order valence-corrected chi connectivity index (χ0v) is 14.1. The number of rotatable bonds is 6. The lowest BCUT2D eigenvalue weighted by Gasteiger charge is -2.17. The topological polar surface area (TPSA) is 43.0 Å². The summed E-state index contributed by atoms with van der Waals surface area (Å²) in [5, 5.41) is 8.09. The molecule has 0 aliphatic carbocycles. The van der Waals surface area contributed by atoms with E-state index in [1.165, 1.54) is 11.3 Å². The van der Waals surface area contributed by atoms with E-state index in [9.17, 15) is 0 Å². The Labute approximate surface area is 128 Å². The second kappa shape index (κ2) is 6.59. The van der Waals surface area contributed by atoms with Crippen LogP contribution in [0.1, 0.15) is 42.6 Å². The summed E-state index contributed by atoms with van der Waals surface area (Å²) in [6.45, 7) is 10.0. The summed E-state index contributed by atoms with van der Waals surface area (Å²) in [5.74, 6) is 0.946. The van der Waals surface area contributed by atoms with Crippen LogP contribution in [0.4, 0.5) is 0 Å². The van der Waals surface area contributed by atoms with Gasteiger partial charge in [0.05, 0.1) is 22.1 Å². The first-order chi connectivity index (χ1) is 9.56. The Morgan fingerprint density at radius 1 is 1.40 bits per heavy atom. The highest BCUT2D eigenvalue weighted by molar-refractivity contribution is 9.10. The number of hydrogen-bond donors (Lipinski definition) is 1. The zero-order chi connectivity index (χ0) is 14.7. The van der Waals surface area contributed by atoms with Gasteiger partial charge in [0.15, 0.2) is 0 Å². The van der Waals surface area contributed by atoms with E-state index in [4.69, 9.17) is 4.42 Å². The third-order valence-corrected chi connectivity index (χ3v) is 4.49. The Balaban J connectivity index is 2.28. The van der Waals surface area contributed by atoms with Gasteiger partial charge in [-0.2, -0.15) is 5.10 Å². The van der Waals surface area contributed by atoms with Gasteiger partial charge in [-0.3, -0.25) is 4.68 Å². The molecule has 0 radical (unpaired) electrons. The van der Waals surface area contributed by atoms with Crippen molar-refractivity contribution in [1.82, 2.24) is 15.1 Å². The van der Waals surface area contributed by atoms with Gasteiger partial charge in [0.25, 0.3) is 0 Å². The molecule has 0 spiro atoms. The SMILES string of the molecule is CCNC(Cc1c(Br)c(C)nn1CC)c1coc(C)c1. The molecule has 1 atom stereocenters. The number of furan rings is 1. The van der Waals surface area contributed by atoms with Crippen LogP contribution in [-0.2, 0) is 13.0 Å². The van der Waals surface area contributed by atoms with Crippen molar-refractivity contribution in [1.29, 1.82) is 0 Å². The van der Waals surface area contributed by atoms with Gasteiger partial charge in [-0.1, -0.05) is 6.92 Å². The number of nitrogens with zero attached hydrogens (tertiary/aromatic N) is 2. The molecule has 2 aromatic rings. The van der Waals surface area contributed by atoms with Gasteiger partial charge in [0.2, 0.25) is 0 Å². The predicted molar refractivity (Wildman–Crippen MR) is 83.9 cm³/mol. The molecule has 0 fully saturated rings. The van der Waals surface area contributed by atoms with E-state index in [-0.39, 0.29) is 6.04 Å². The van der Waals surface area contributed by atoms with Gasteiger partial charge in [-0.15, -0.1) is 0 Å². The van der Waals surface area contributed by atoms with E-state index in [0.717, 1.165) is 35.4 Å². The highest BCUT2D eigenvalue weighted by Gasteiger charge is 2.19. The maximum Gasteiger partial charge on any atom is 0.101 e. The van der Waals surface area contributed by atoms with E-state index in [0.29, 0.717) is 0 Å². The molecule has 2 rings (SSSR count). The van der Waals surface area contributed by atoms with Crippen LogP contribution >= 0.6 is 15.9 Å². The molecule has 5 heteroatoms. The number of aromatic nitrogens is 2. The molecule has 1 unspecified atom stereocenters. The summed E-state index contributed by atoms with van der Waals surface area (Å²) in [6.07, 6.45) is 2.73. The number of likely N-dealkylation sites (N-methyl/N-ethyl adjacent to an activating group) is 1. The van der Waals surface area contributed by atoms with E-state index in [1.807, 2.05) is 20.1 Å². The molecule has 0 bridgehead atoms. The molecule has 2 heterocycles. The first-order valence-corrected chi connectivity index (χ1v) is 7.86. The van der Waals surface area contributed by atoms with Crippen LogP contribution in [0.15, 0.2) is 21.2 Å². The van der Waals surface area contributed by atoms with Gasteiger partial charge in [0, 0.05) is 24.6 Å². The molecule has 0 saturated heterocycles. The lowest BCUT2D eigenvalue weighted by atomic mass is 10.0. The van der Waals surface area contributed by atoms with Crippen LogP contribution in [0.5, 0.6) is 0 Å². The summed E-state index contributed by atoms with van der Waals surface area (Å²) in [6, 6.07) is 2.34. The van der Waals surface area contributed by atoms with Crippen molar-refractivity contribution >= 4 is 15.9 Å². The fourth-order valence-corrected chi connectivity index (χ4v) is 2.90. The van der Waals surface area contributed by atoms with Gasteiger partial charge < -0.3 is 9.73 Å². The molecule has 0 aliphatic rings. The van der Waals surface area contributed by atoms with Crippen molar-refractivity contribution in [2.75, 3.05) is 6.54 Å². The Bertz CT molecular complexity index is 574. The summed E-state index contributed by atoms with van der Waals surface area (Å²) in [7, 11) is 0. The number of nitrogens with one attached hydrogen (secondary N) is 1. The average molecular weight is 340 g/mol. The molecule has 0 aromatic carbocycles. The van der Waals surface area contributed by atoms with Crippen LogP contribution in [0.25, 0.3) is 0 Å². The van der Waals surface area contributed by atoms with Crippen molar-refractivity contribution in [2.24, 2.45) is 0 Å². The monoisotopic (exact) mass is 339 g/mol. The fourth-order valence-electron chi connectivity index (χ4n) is 2.46. The van der Waals surface area contributed by atoms with E-state index in [2.05, 4.69) is 50.9 Å². The Morgan fingerprint density at radius 2 is 2.15 bits per heavy atom. The van der Waals surface area contributed by atoms with Crippen molar-refractivity contribution < 1.29 is 4.42 Å². The van der Waals surface area contributed by atoms with Crippen molar-refractivity contribution in [3.8, 4) is 0 Å². The van der Waals surface area contributed by atoms with Crippen LogP contribution in [0, 0.1) is 13.8 Å². The van der Waals surface area contributed by atoms with Crippen LogP contribution in [0.3, 0.4) is 0 Å². The number of aryl methyl sites for hydroxylation is 3. The van der Waals surface area contributed by atoms with Gasteiger partial charge >= 0.3 is 0 Å². The van der Waals surface area contributed by atoms with Gasteiger partial charge in [-0.25, -0.2) is 0 Å². The zero-order valence-electron chi connectivity index (χ0n) is 12.5. The molecule has 4 nitrogen and oxygen atoms in total. The standard InChI is InChI=1S/C15H22BrN3O/c1-5-17-13(12-7-10(3)20-9-12)8-14-15(16)11(4)18-19(14)6-2/h7,9,13,17H,5-6,8H2,1-4H3. The predicted octanol–water partition coefficient (Wildman–Crippen LogP) is 3.77. The average Bonchev–Trinajstić information content (AvgIpc) is 2.96. The summed E-state index contributed by atoms with van der Waals surface area (Å²) >= 11 is 3.66. The molecule has 0 amide bonds. The Hall–Kier alpha value is -1.07. The highest BCUT2D eigenvalue weighted by atomic mass is 79.9. The minimum atomic E-state index is 0.246. The van der Waals surface area contributed by atoms with Crippen molar-refractivity contribution in [3.63, 3.8) is 0 Å². The largest absolute Gasteiger partial charge is 0.469 e. The smallest absolute Gasteiger partial charge is 0.101 e. The molecule has 1 N–H and O–H groups in total. The van der Waals surface area contributed by atoms with E-state index in [1.54, 1.807) is 0 Å². The number of halogens is 1. The van der Waals surface area contributed by atoms with Crippen molar-refractivity contribution in [2.45, 2.75) is 46.7 Å².